The lowest BCUT2D eigenvalue weighted by Crippen LogP contribution is -2.39. The van der Waals surface area contributed by atoms with Crippen LogP contribution in [0.15, 0.2) is 24.3 Å². The Morgan fingerprint density at radius 1 is 1.25 bits per heavy atom. The van der Waals surface area contributed by atoms with Crippen molar-refractivity contribution in [2.45, 2.75) is 46.3 Å². The van der Waals surface area contributed by atoms with E-state index in [0.717, 1.165) is 17.9 Å². The predicted octanol–water partition coefficient (Wildman–Crippen LogP) is 2.13. The van der Waals surface area contributed by atoms with Gasteiger partial charge in [0, 0.05) is 18.2 Å². The second-order valence-corrected chi connectivity index (χ2v) is 5.21. The number of nitrogens with one attached hydrogen (secondary N) is 2. The summed E-state index contributed by atoms with van der Waals surface area (Å²) in [5, 5.41) is 6.20. The first kappa shape index (κ1) is 16.5. The standard InChI is InChI=1S/C16H26N2O2/c1-5-17-13(4)11-18-16(19)10-14-8-6-7-9-15(14)20-12(2)3/h6-9,12-13,17H,5,10-11H2,1-4H3,(H,18,19)/t13-/m1/s1. The van der Waals surface area contributed by atoms with E-state index in [-0.39, 0.29) is 18.1 Å². The summed E-state index contributed by atoms with van der Waals surface area (Å²) in [5.41, 5.74) is 0.926. The van der Waals surface area contributed by atoms with Gasteiger partial charge in [0.15, 0.2) is 0 Å². The molecular formula is C16H26N2O2. The highest BCUT2D eigenvalue weighted by atomic mass is 16.5. The zero-order chi connectivity index (χ0) is 15.0. The quantitative estimate of drug-likeness (QED) is 0.766. The molecule has 20 heavy (non-hydrogen) atoms. The summed E-state index contributed by atoms with van der Waals surface area (Å²) in [4.78, 5) is 12.0. The molecule has 1 aromatic carbocycles. The fourth-order valence-electron chi connectivity index (χ4n) is 1.94. The van der Waals surface area contributed by atoms with Gasteiger partial charge in [0.05, 0.1) is 12.5 Å². The molecule has 0 saturated carbocycles. The number of benzene rings is 1. The van der Waals surface area contributed by atoms with Gasteiger partial charge in [0.1, 0.15) is 5.75 Å². The topological polar surface area (TPSA) is 50.4 Å². The van der Waals surface area contributed by atoms with E-state index < -0.39 is 0 Å². The number of amides is 1. The SMILES string of the molecule is CCN[C@H](C)CNC(=O)Cc1ccccc1OC(C)C. The van der Waals surface area contributed by atoms with Gasteiger partial charge in [0.2, 0.25) is 5.91 Å². The van der Waals surface area contributed by atoms with Crippen molar-refractivity contribution in [1.29, 1.82) is 0 Å². The molecule has 1 rings (SSSR count). The summed E-state index contributed by atoms with van der Waals surface area (Å²) in [6.07, 6.45) is 0.454. The molecule has 0 spiro atoms. The average molecular weight is 278 g/mol. The van der Waals surface area contributed by atoms with Crippen molar-refractivity contribution in [3.05, 3.63) is 29.8 Å². The van der Waals surface area contributed by atoms with E-state index in [9.17, 15) is 4.79 Å². The summed E-state index contributed by atoms with van der Waals surface area (Å²) in [6, 6.07) is 7.98. The fourth-order valence-corrected chi connectivity index (χ4v) is 1.94. The Morgan fingerprint density at radius 2 is 1.95 bits per heavy atom. The highest BCUT2D eigenvalue weighted by Crippen LogP contribution is 2.19. The van der Waals surface area contributed by atoms with Crippen LogP contribution in [0.25, 0.3) is 0 Å². The van der Waals surface area contributed by atoms with Crippen molar-refractivity contribution in [1.82, 2.24) is 10.6 Å². The lowest BCUT2D eigenvalue weighted by Gasteiger charge is -2.15. The van der Waals surface area contributed by atoms with Crippen LogP contribution in [0.2, 0.25) is 0 Å². The third kappa shape index (κ3) is 6.06. The molecule has 2 N–H and O–H groups in total. The second kappa shape index (κ2) is 8.59. The Labute approximate surface area is 121 Å². The molecule has 0 aliphatic heterocycles. The first-order valence-corrected chi connectivity index (χ1v) is 7.27. The lowest BCUT2D eigenvalue weighted by atomic mass is 10.1. The molecule has 112 valence electrons. The van der Waals surface area contributed by atoms with Crippen molar-refractivity contribution in [2.75, 3.05) is 13.1 Å². The maximum Gasteiger partial charge on any atom is 0.224 e. The molecule has 0 heterocycles. The number of carbonyl (C=O) groups is 1. The first-order chi connectivity index (χ1) is 9.52. The van der Waals surface area contributed by atoms with E-state index in [0.29, 0.717) is 13.0 Å². The molecule has 1 amide bonds. The average Bonchev–Trinajstić information content (AvgIpc) is 2.38. The number of likely N-dealkylation sites (N-methyl/N-ethyl adjacent to an activating group) is 1. The number of hydrogen-bond acceptors (Lipinski definition) is 3. The minimum atomic E-state index is 0.0227. The van der Waals surface area contributed by atoms with Crippen molar-refractivity contribution in [3.8, 4) is 5.75 Å². The summed E-state index contributed by atoms with van der Waals surface area (Å²) < 4.78 is 5.72. The Bertz CT molecular complexity index is 419. The Morgan fingerprint density at radius 3 is 2.60 bits per heavy atom. The second-order valence-electron chi connectivity index (χ2n) is 5.21. The molecule has 0 fully saturated rings. The maximum atomic E-state index is 12.0. The lowest BCUT2D eigenvalue weighted by molar-refractivity contribution is -0.120. The van der Waals surface area contributed by atoms with Crippen LogP contribution in [0.3, 0.4) is 0 Å². The molecule has 0 bridgehead atoms. The van der Waals surface area contributed by atoms with Gasteiger partial charge >= 0.3 is 0 Å². The van der Waals surface area contributed by atoms with E-state index in [2.05, 4.69) is 24.5 Å². The van der Waals surface area contributed by atoms with Crippen molar-refractivity contribution >= 4 is 5.91 Å². The van der Waals surface area contributed by atoms with Crippen LogP contribution in [0.5, 0.6) is 5.75 Å². The smallest absolute Gasteiger partial charge is 0.224 e. The zero-order valence-electron chi connectivity index (χ0n) is 12.9. The predicted molar refractivity (Wildman–Crippen MR) is 82.1 cm³/mol. The van der Waals surface area contributed by atoms with Crippen LogP contribution < -0.4 is 15.4 Å². The number of ether oxygens (including phenoxy) is 1. The summed E-state index contributed by atoms with van der Waals surface area (Å²) in [5.74, 6) is 0.812. The van der Waals surface area contributed by atoms with E-state index in [1.165, 1.54) is 0 Å². The van der Waals surface area contributed by atoms with E-state index >= 15 is 0 Å². The molecule has 0 unspecified atom stereocenters. The van der Waals surface area contributed by atoms with Gasteiger partial charge in [-0.1, -0.05) is 25.1 Å². The van der Waals surface area contributed by atoms with Crippen LogP contribution in [-0.4, -0.2) is 31.1 Å². The van der Waals surface area contributed by atoms with E-state index in [1.54, 1.807) is 0 Å². The van der Waals surface area contributed by atoms with Crippen molar-refractivity contribution < 1.29 is 9.53 Å². The molecule has 4 heteroatoms. The molecule has 1 atom stereocenters. The molecule has 0 saturated heterocycles. The molecule has 4 nitrogen and oxygen atoms in total. The fraction of sp³-hybridized carbons (Fsp3) is 0.562. The van der Waals surface area contributed by atoms with Gasteiger partial charge in [0.25, 0.3) is 0 Å². The Hall–Kier alpha value is -1.55. The van der Waals surface area contributed by atoms with Gasteiger partial charge < -0.3 is 15.4 Å². The molecule has 0 radical (unpaired) electrons. The molecule has 0 aliphatic rings. The van der Waals surface area contributed by atoms with E-state index in [1.807, 2.05) is 38.1 Å². The number of hydrogen-bond donors (Lipinski definition) is 2. The number of rotatable bonds is 8. The van der Waals surface area contributed by atoms with Gasteiger partial charge in [-0.05, 0) is 33.4 Å². The first-order valence-electron chi connectivity index (χ1n) is 7.27. The summed E-state index contributed by atoms with van der Waals surface area (Å²) in [7, 11) is 0. The van der Waals surface area contributed by atoms with Crippen molar-refractivity contribution in [3.63, 3.8) is 0 Å². The maximum absolute atomic E-state index is 12.0. The normalized spacial score (nSPS) is 12.2. The van der Waals surface area contributed by atoms with Gasteiger partial charge in [-0.15, -0.1) is 0 Å². The number of carbonyl (C=O) groups excluding carboxylic acids is 1. The van der Waals surface area contributed by atoms with Crippen LogP contribution >= 0.6 is 0 Å². The van der Waals surface area contributed by atoms with Crippen molar-refractivity contribution in [2.24, 2.45) is 0 Å². The number of para-hydroxylation sites is 1. The van der Waals surface area contributed by atoms with Gasteiger partial charge in [-0.2, -0.15) is 0 Å². The highest BCUT2D eigenvalue weighted by Gasteiger charge is 2.10. The molecule has 0 aliphatic carbocycles. The minimum absolute atomic E-state index is 0.0227. The third-order valence-corrected chi connectivity index (χ3v) is 2.84. The molecule has 0 aromatic heterocycles. The van der Waals surface area contributed by atoms with Crippen LogP contribution in [0.4, 0.5) is 0 Å². The largest absolute Gasteiger partial charge is 0.491 e. The van der Waals surface area contributed by atoms with Gasteiger partial charge in [-0.3, -0.25) is 4.79 Å². The summed E-state index contributed by atoms with van der Waals surface area (Å²) >= 11 is 0. The molecular weight excluding hydrogens is 252 g/mol. The molecule has 1 aromatic rings. The zero-order valence-corrected chi connectivity index (χ0v) is 12.9. The van der Waals surface area contributed by atoms with Crippen LogP contribution in [0, 0.1) is 0 Å². The van der Waals surface area contributed by atoms with Gasteiger partial charge in [-0.25, -0.2) is 0 Å². The minimum Gasteiger partial charge on any atom is -0.491 e. The Balaban J connectivity index is 2.53. The van der Waals surface area contributed by atoms with Crippen LogP contribution in [0.1, 0.15) is 33.3 Å². The third-order valence-electron chi connectivity index (χ3n) is 2.84. The Kier molecular flexibility index (Phi) is 7.09. The summed E-state index contributed by atoms with van der Waals surface area (Å²) in [6.45, 7) is 9.61. The highest BCUT2D eigenvalue weighted by molar-refractivity contribution is 5.79. The monoisotopic (exact) mass is 278 g/mol. The van der Waals surface area contributed by atoms with Crippen LogP contribution in [-0.2, 0) is 11.2 Å². The van der Waals surface area contributed by atoms with E-state index in [4.69, 9.17) is 4.74 Å².